The molecule has 2 aromatic carbocycles. The van der Waals surface area contributed by atoms with Gasteiger partial charge >= 0.3 is 5.97 Å². The number of esters is 1. The molecule has 1 aromatic heterocycles. The number of imidazole rings is 1. The quantitative estimate of drug-likeness (QED) is 0.715. The summed E-state index contributed by atoms with van der Waals surface area (Å²) in [6.45, 7) is 1.48. The summed E-state index contributed by atoms with van der Waals surface area (Å²) in [5, 5.41) is 2.66. The van der Waals surface area contributed by atoms with E-state index in [9.17, 15) is 14.0 Å². The number of amides is 1. The highest BCUT2D eigenvalue weighted by atomic mass is 19.1. The molecule has 0 radical (unpaired) electrons. The van der Waals surface area contributed by atoms with E-state index in [0.29, 0.717) is 11.4 Å². The van der Waals surface area contributed by atoms with E-state index in [0.717, 1.165) is 5.56 Å². The summed E-state index contributed by atoms with van der Waals surface area (Å²) in [5.41, 5.74) is 2.32. The molecule has 3 rings (SSSR count). The molecule has 0 aliphatic heterocycles. The van der Waals surface area contributed by atoms with Crippen LogP contribution in [-0.4, -0.2) is 28.0 Å². The van der Waals surface area contributed by atoms with Crippen LogP contribution in [0.3, 0.4) is 0 Å². The summed E-state index contributed by atoms with van der Waals surface area (Å²) in [6.07, 6.45) is 2.74. The zero-order valence-electron chi connectivity index (χ0n) is 14.0. The minimum absolute atomic E-state index is 0.139. The second-order valence-corrected chi connectivity index (χ2v) is 5.62. The van der Waals surface area contributed by atoms with Gasteiger partial charge in [-0.15, -0.1) is 0 Å². The fourth-order valence-corrected chi connectivity index (χ4v) is 2.38. The molecular formula is C19H16FN3O3. The molecule has 132 valence electrons. The predicted octanol–water partition coefficient (Wildman–Crippen LogP) is 3.12. The zero-order chi connectivity index (χ0) is 18.5. The molecule has 3 aromatic rings. The third-order valence-corrected chi connectivity index (χ3v) is 3.59. The fourth-order valence-electron chi connectivity index (χ4n) is 2.38. The van der Waals surface area contributed by atoms with Crippen molar-refractivity contribution in [2.45, 2.75) is 6.92 Å². The van der Waals surface area contributed by atoms with E-state index < -0.39 is 18.5 Å². The largest absolute Gasteiger partial charge is 0.451 e. The summed E-state index contributed by atoms with van der Waals surface area (Å²) in [5.74, 6) is -1.53. The molecular weight excluding hydrogens is 337 g/mol. The van der Waals surface area contributed by atoms with Gasteiger partial charge in [0.2, 0.25) is 0 Å². The van der Waals surface area contributed by atoms with Crippen molar-refractivity contribution in [3.63, 3.8) is 0 Å². The molecule has 0 saturated heterocycles. The number of aromatic nitrogens is 2. The van der Waals surface area contributed by atoms with Crippen LogP contribution in [0.15, 0.2) is 61.1 Å². The Balaban J connectivity index is 1.63. The Bertz CT molecular complexity index is 935. The van der Waals surface area contributed by atoms with Crippen LogP contribution in [-0.2, 0) is 9.53 Å². The van der Waals surface area contributed by atoms with Gasteiger partial charge in [0.25, 0.3) is 5.91 Å². The molecule has 0 bridgehead atoms. The van der Waals surface area contributed by atoms with Gasteiger partial charge in [-0.05, 0) is 48.9 Å². The number of hydrogen-bond acceptors (Lipinski definition) is 4. The number of carbonyl (C=O) groups is 2. The van der Waals surface area contributed by atoms with Gasteiger partial charge in [0, 0.05) is 11.4 Å². The van der Waals surface area contributed by atoms with Crippen LogP contribution in [0.4, 0.5) is 10.1 Å². The molecule has 7 heteroatoms. The van der Waals surface area contributed by atoms with E-state index in [1.54, 1.807) is 6.07 Å². The van der Waals surface area contributed by atoms with Crippen LogP contribution in [0.1, 0.15) is 16.1 Å². The number of nitrogens with one attached hydrogen (secondary N) is 1. The van der Waals surface area contributed by atoms with Gasteiger partial charge in [0.05, 0.1) is 12.5 Å². The van der Waals surface area contributed by atoms with Gasteiger partial charge in [-0.1, -0.05) is 12.1 Å². The lowest BCUT2D eigenvalue weighted by Crippen LogP contribution is -2.22. The first-order chi connectivity index (χ1) is 12.5. The Morgan fingerprint density at radius 3 is 2.69 bits per heavy atom. The molecule has 0 atom stereocenters. The van der Waals surface area contributed by atoms with Crippen LogP contribution in [0.2, 0.25) is 0 Å². The van der Waals surface area contributed by atoms with Crippen LogP contribution < -0.4 is 5.32 Å². The number of rotatable bonds is 5. The summed E-state index contributed by atoms with van der Waals surface area (Å²) in [6, 6.07) is 12.9. The average Bonchev–Trinajstić information content (AvgIpc) is 3.10. The summed E-state index contributed by atoms with van der Waals surface area (Å²) < 4.78 is 19.5. The molecule has 26 heavy (non-hydrogen) atoms. The van der Waals surface area contributed by atoms with Crippen molar-refractivity contribution in [3.05, 3.63) is 78.1 Å². The topological polar surface area (TPSA) is 73.2 Å². The van der Waals surface area contributed by atoms with Gasteiger partial charge in [0.15, 0.2) is 12.3 Å². The maximum Gasteiger partial charge on any atom is 0.357 e. The van der Waals surface area contributed by atoms with Crippen molar-refractivity contribution in [2.24, 2.45) is 0 Å². The van der Waals surface area contributed by atoms with Crippen molar-refractivity contribution < 1.29 is 18.7 Å². The second kappa shape index (κ2) is 7.60. The van der Waals surface area contributed by atoms with E-state index in [1.807, 2.05) is 25.1 Å². The third kappa shape index (κ3) is 4.13. The van der Waals surface area contributed by atoms with E-state index >= 15 is 0 Å². The number of ether oxygens (including phenoxy) is 1. The smallest absolute Gasteiger partial charge is 0.357 e. The highest BCUT2D eigenvalue weighted by Crippen LogP contribution is 2.13. The van der Waals surface area contributed by atoms with Crippen molar-refractivity contribution in [1.82, 2.24) is 9.55 Å². The van der Waals surface area contributed by atoms with Gasteiger partial charge in [-0.2, -0.15) is 0 Å². The van der Waals surface area contributed by atoms with Gasteiger partial charge in [0.1, 0.15) is 5.82 Å². The van der Waals surface area contributed by atoms with Gasteiger partial charge in [-0.25, -0.2) is 14.2 Å². The molecule has 0 fully saturated rings. The number of halogens is 1. The predicted molar refractivity (Wildman–Crippen MR) is 93.6 cm³/mol. The highest BCUT2D eigenvalue weighted by Gasteiger charge is 2.16. The monoisotopic (exact) mass is 353 g/mol. The Hall–Kier alpha value is -3.48. The van der Waals surface area contributed by atoms with E-state index in [1.165, 1.54) is 41.4 Å². The standard InChI is InChI=1S/C19H16FN3O3/c1-13-3-2-4-15(9-13)22-18(24)11-26-19(25)17-10-21-12-23(17)16-7-5-14(20)6-8-16/h2-10,12H,11H2,1H3,(H,22,24). The Morgan fingerprint density at radius 1 is 1.19 bits per heavy atom. The minimum Gasteiger partial charge on any atom is -0.451 e. The first-order valence-electron chi connectivity index (χ1n) is 7.85. The lowest BCUT2D eigenvalue weighted by atomic mass is 10.2. The molecule has 0 saturated carbocycles. The molecule has 6 nitrogen and oxygen atoms in total. The maximum absolute atomic E-state index is 13.0. The lowest BCUT2D eigenvalue weighted by molar-refractivity contribution is -0.119. The number of anilines is 1. The van der Waals surface area contributed by atoms with Crippen LogP contribution >= 0.6 is 0 Å². The SMILES string of the molecule is Cc1cccc(NC(=O)COC(=O)c2cncn2-c2ccc(F)cc2)c1. The molecule has 1 N–H and O–H groups in total. The zero-order valence-corrected chi connectivity index (χ0v) is 14.0. The van der Waals surface area contributed by atoms with E-state index in [-0.39, 0.29) is 11.5 Å². The first kappa shape index (κ1) is 17.3. The number of carbonyl (C=O) groups excluding carboxylic acids is 2. The Labute approximate surface area is 149 Å². The molecule has 0 aliphatic carbocycles. The van der Waals surface area contributed by atoms with Crippen molar-refractivity contribution in [1.29, 1.82) is 0 Å². The Kier molecular flexibility index (Phi) is 5.07. The fraction of sp³-hybridized carbons (Fsp3) is 0.105. The molecule has 1 heterocycles. The molecule has 1 amide bonds. The molecule has 0 aliphatic rings. The molecule has 0 spiro atoms. The van der Waals surface area contributed by atoms with Crippen LogP contribution in [0.25, 0.3) is 5.69 Å². The minimum atomic E-state index is -0.703. The van der Waals surface area contributed by atoms with Gasteiger partial charge in [-0.3, -0.25) is 9.36 Å². The highest BCUT2D eigenvalue weighted by molar-refractivity contribution is 5.95. The Morgan fingerprint density at radius 2 is 1.96 bits per heavy atom. The third-order valence-electron chi connectivity index (χ3n) is 3.59. The number of aryl methyl sites for hydroxylation is 1. The van der Waals surface area contributed by atoms with E-state index in [2.05, 4.69) is 10.3 Å². The van der Waals surface area contributed by atoms with Crippen LogP contribution in [0.5, 0.6) is 0 Å². The summed E-state index contributed by atoms with van der Waals surface area (Å²) in [4.78, 5) is 28.1. The normalized spacial score (nSPS) is 10.4. The van der Waals surface area contributed by atoms with Crippen LogP contribution in [0, 0.1) is 12.7 Å². The van der Waals surface area contributed by atoms with Crippen molar-refractivity contribution >= 4 is 17.6 Å². The number of hydrogen-bond donors (Lipinski definition) is 1. The maximum atomic E-state index is 13.0. The van der Waals surface area contributed by atoms with E-state index in [4.69, 9.17) is 4.74 Å². The lowest BCUT2D eigenvalue weighted by Gasteiger charge is -2.09. The number of benzene rings is 2. The summed E-state index contributed by atoms with van der Waals surface area (Å²) in [7, 11) is 0. The first-order valence-corrected chi connectivity index (χ1v) is 7.85. The van der Waals surface area contributed by atoms with Gasteiger partial charge < -0.3 is 10.1 Å². The molecule has 0 unspecified atom stereocenters. The second-order valence-electron chi connectivity index (χ2n) is 5.62. The number of nitrogens with zero attached hydrogens (tertiary/aromatic N) is 2. The average molecular weight is 353 g/mol. The summed E-state index contributed by atoms with van der Waals surface area (Å²) >= 11 is 0. The van der Waals surface area contributed by atoms with Crippen molar-refractivity contribution in [2.75, 3.05) is 11.9 Å². The van der Waals surface area contributed by atoms with Crippen molar-refractivity contribution in [3.8, 4) is 5.69 Å².